The monoisotopic (exact) mass is 497 g/mol. The van der Waals surface area contributed by atoms with Gasteiger partial charge in [0.2, 0.25) is 11.8 Å². The van der Waals surface area contributed by atoms with Gasteiger partial charge in [0.25, 0.3) is 0 Å². The number of methoxy groups -OCH3 is 2. The van der Waals surface area contributed by atoms with Gasteiger partial charge in [-0.25, -0.2) is 13.8 Å². The van der Waals surface area contributed by atoms with Crippen molar-refractivity contribution < 1.29 is 27.8 Å². The Morgan fingerprint density at radius 1 is 1.03 bits per heavy atom. The number of thioether (sulfide) groups is 1. The van der Waals surface area contributed by atoms with Crippen LogP contribution in [0.25, 0.3) is 0 Å². The second kappa shape index (κ2) is 10.6. The Labute approximate surface area is 204 Å². The van der Waals surface area contributed by atoms with Gasteiger partial charge in [0.1, 0.15) is 34.1 Å². The van der Waals surface area contributed by atoms with Gasteiger partial charge in [-0.15, -0.1) is 0 Å². The summed E-state index contributed by atoms with van der Waals surface area (Å²) in [5.41, 5.74) is 0.800. The standard InChI is InChI=1S/C25H21F2N3O4S/c1-33-20-9-5-3-7-18(20)29-25-30(19-8-4-6-10-21(19)34-2)24(32)22(35-25)14-23(31)28-17-12-11-15(26)13-16(17)27/h3-13,22H,14H2,1-2H3,(H,28,31)/t22-/m1/s1. The first-order chi connectivity index (χ1) is 16.9. The van der Waals surface area contributed by atoms with E-state index >= 15 is 0 Å². The Bertz CT molecular complexity index is 1300. The average Bonchev–Trinajstić information content (AvgIpc) is 3.15. The summed E-state index contributed by atoms with van der Waals surface area (Å²) in [5, 5.41) is 1.89. The highest BCUT2D eigenvalue weighted by Crippen LogP contribution is 2.40. The lowest BCUT2D eigenvalue weighted by atomic mass is 10.2. The summed E-state index contributed by atoms with van der Waals surface area (Å²) in [7, 11) is 3.01. The predicted molar refractivity (Wildman–Crippen MR) is 132 cm³/mol. The fourth-order valence-corrected chi connectivity index (χ4v) is 4.64. The van der Waals surface area contributed by atoms with Crippen molar-refractivity contribution in [1.82, 2.24) is 0 Å². The Balaban J connectivity index is 1.65. The highest BCUT2D eigenvalue weighted by molar-refractivity contribution is 8.16. The highest BCUT2D eigenvalue weighted by atomic mass is 32.2. The molecule has 0 unspecified atom stereocenters. The number of nitrogens with one attached hydrogen (secondary N) is 1. The maximum absolute atomic E-state index is 14.0. The summed E-state index contributed by atoms with van der Waals surface area (Å²) in [6, 6.07) is 16.9. The number of amides is 2. The maximum atomic E-state index is 14.0. The van der Waals surface area contributed by atoms with Crippen molar-refractivity contribution in [3.63, 3.8) is 0 Å². The normalized spacial score (nSPS) is 16.5. The van der Waals surface area contributed by atoms with Crippen LogP contribution in [-0.4, -0.2) is 36.5 Å². The van der Waals surface area contributed by atoms with Crippen LogP contribution in [0, 0.1) is 11.6 Å². The first-order valence-corrected chi connectivity index (χ1v) is 11.4. The molecule has 0 radical (unpaired) electrons. The van der Waals surface area contributed by atoms with Crippen LogP contribution < -0.4 is 19.7 Å². The molecule has 10 heteroatoms. The van der Waals surface area contributed by atoms with Crippen LogP contribution in [0.3, 0.4) is 0 Å². The molecule has 1 fully saturated rings. The molecule has 180 valence electrons. The van der Waals surface area contributed by atoms with E-state index in [1.807, 2.05) is 0 Å². The minimum atomic E-state index is -0.905. The first-order valence-electron chi connectivity index (χ1n) is 10.5. The topological polar surface area (TPSA) is 80.2 Å². The quantitative estimate of drug-likeness (QED) is 0.489. The molecule has 7 nitrogen and oxygen atoms in total. The molecule has 0 saturated carbocycles. The molecule has 1 atom stereocenters. The zero-order chi connectivity index (χ0) is 24.9. The molecule has 1 aliphatic heterocycles. The number of nitrogens with zero attached hydrogens (tertiary/aromatic N) is 2. The van der Waals surface area contributed by atoms with Gasteiger partial charge in [-0.05, 0) is 36.4 Å². The number of hydrogen-bond acceptors (Lipinski definition) is 6. The predicted octanol–water partition coefficient (Wildman–Crippen LogP) is 5.15. The number of aliphatic imine (C=N–C) groups is 1. The lowest BCUT2D eigenvalue weighted by Gasteiger charge is -2.19. The van der Waals surface area contributed by atoms with Crippen molar-refractivity contribution in [2.24, 2.45) is 4.99 Å². The van der Waals surface area contributed by atoms with Gasteiger partial charge < -0.3 is 14.8 Å². The molecule has 0 spiro atoms. The number of anilines is 2. The fourth-order valence-electron chi connectivity index (χ4n) is 3.50. The van der Waals surface area contributed by atoms with Crippen LogP contribution >= 0.6 is 11.8 Å². The molecule has 0 aliphatic carbocycles. The van der Waals surface area contributed by atoms with E-state index in [2.05, 4.69) is 10.3 Å². The molecule has 2 amide bonds. The van der Waals surface area contributed by atoms with Gasteiger partial charge in [0.15, 0.2) is 5.17 Å². The van der Waals surface area contributed by atoms with Crippen LogP contribution in [0.2, 0.25) is 0 Å². The van der Waals surface area contributed by atoms with Gasteiger partial charge in [-0.1, -0.05) is 36.0 Å². The smallest absolute Gasteiger partial charge is 0.247 e. The van der Waals surface area contributed by atoms with Gasteiger partial charge >= 0.3 is 0 Å². The van der Waals surface area contributed by atoms with Crippen LogP contribution in [0.5, 0.6) is 11.5 Å². The summed E-state index contributed by atoms with van der Waals surface area (Å²) in [6.45, 7) is 0. The summed E-state index contributed by atoms with van der Waals surface area (Å²) in [4.78, 5) is 32.1. The van der Waals surface area contributed by atoms with E-state index in [1.165, 1.54) is 19.1 Å². The largest absolute Gasteiger partial charge is 0.495 e. The second-order valence-electron chi connectivity index (χ2n) is 7.39. The van der Waals surface area contributed by atoms with Gasteiger partial charge in [-0.3, -0.25) is 14.5 Å². The molecule has 1 N–H and O–H groups in total. The van der Waals surface area contributed by atoms with Crippen LogP contribution in [0.15, 0.2) is 71.7 Å². The lowest BCUT2D eigenvalue weighted by molar-refractivity contribution is -0.121. The van der Waals surface area contributed by atoms with E-state index < -0.39 is 22.8 Å². The third-order valence-electron chi connectivity index (χ3n) is 5.14. The number of rotatable bonds is 7. The molecule has 35 heavy (non-hydrogen) atoms. The van der Waals surface area contributed by atoms with Gasteiger partial charge in [0, 0.05) is 12.5 Å². The Hall–Kier alpha value is -3.92. The van der Waals surface area contributed by atoms with Crippen LogP contribution in [0.4, 0.5) is 25.8 Å². The van der Waals surface area contributed by atoms with Crippen molar-refractivity contribution >= 4 is 45.8 Å². The number of para-hydroxylation sites is 4. The van der Waals surface area contributed by atoms with E-state index in [0.717, 1.165) is 23.9 Å². The van der Waals surface area contributed by atoms with Crippen LogP contribution in [-0.2, 0) is 9.59 Å². The van der Waals surface area contributed by atoms with E-state index in [1.54, 1.807) is 48.5 Å². The first kappa shape index (κ1) is 24.2. The third kappa shape index (κ3) is 5.27. The molecule has 1 aliphatic rings. The fraction of sp³-hybridized carbons (Fsp3) is 0.160. The molecule has 4 rings (SSSR count). The van der Waals surface area contributed by atoms with Gasteiger partial charge in [0.05, 0.1) is 25.6 Å². The second-order valence-corrected chi connectivity index (χ2v) is 8.56. The molecular formula is C25H21F2N3O4S. The van der Waals surface area contributed by atoms with E-state index in [0.29, 0.717) is 34.1 Å². The van der Waals surface area contributed by atoms with Crippen molar-refractivity contribution in [3.05, 3.63) is 78.4 Å². The number of ether oxygens (including phenoxy) is 2. The summed E-state index contributed by atoms with van der Waals surface area (Å²) < 4.78 is 37.9. The minimum absolute atomic E-state index is 0.170. The number of halogens is 2. The SMILES string of the molecule is COc1ccccc1N=C1S[C@H](CC(=O)Nc2ccc(F)cc2F)C(=O)N1c1ccccc1OC. The number of carbonyl (C=O) groups is 2. The third-order valence-corrected chi connectivity index (χ3v) is 6.28. The Morgan fingerprint density at radius 2 is 1.71 bits per heavy atom. The van der Waals surface area contributed by atoms with Crippen LogP contribution in [0.1, 0.15) is 6.42 Å². The zero-order valence-corrected chi connectivity index (χ0v) is 19.6. The summed E-state index contributed by atoms with van der Waals surface area (Å²) >= 11 is 1.10. The van der Waals surface area contributed by atoms with Crippen molar-refractivity contribution in [2.75, 3.05) is 24.4 Å². The molecule has 0 bridgehead atoms. The molecule has 1 saturated heterocycles. The Morgan fingerprint density at radius 3 is 2.43 bits per heavy atom. The zero-order valence-electron chi connectivity index (χ0n) is 18.8. The number of amidine groups is 1. The maximum Gasteiger partial charge on any atom is 0.247 e. The van der Waals surface area contributed by atoms with E-state index in [9.17, 15) is 18.4 Å². The Kier molecular flexibility index (Phi) is 7.31. The molecular weight excluding hydrogens is 476 g/mol. The molecule has 3 aromatic rings. The van der Waals surface area contributed by atoms with Gasteiger partial charge in [-0.2, -0.15) is 0 Å². The number of hydrogen-bond donors (Lipinski definition) is 1. The van der Waals surface area contributed by atoms with Crippen molar-refractivity contribution in [3.8, 4) is 11.5 Å². The lowest BCUT2D eigenvalue weighted by Crippen LogP contribution is -2.33. The number of benzene rings is 3. The molecule has 3 aromatic carbocycles. The van der Waals surface area contributed by atoms with E-state index in [-0.39, 0.29) is 18.0 Å². The summed E-state index contributed by atoms with van der Waals surface area (Å²) in [5.74, 6) is -1.68. The average molecular weight is 498 g/mol. The van der Waals surface area contributed by atoms with Crippen molar-refractivity contribution in [1.29, 1.82) is 0 Å². The van der Waals surface area contributed by atoms with E-state index in [4.69, 9.17) is 9.47 Å². The highest BCUT2D eigenvalue weighted by Gasteiger charge is 2.41. The summed E-state index contributed by atoms with van der Waals surface area (Å²) in [6.07, 6.45) is -0.253. The molecule has 0 aromatic heterocycles. The number of carbonyl (C=O) groups excluding carboxylic acids is 2. The minimum Gasteiger partial charge on any atom is -0.495 e. The molecule has 1 heterocycles. The van der Waals surface area contributed by atoms with Crippen molar-refractivity contribution in [2.45, 2.75) is 11.7 Å².